The average molecular weight is 141 g/mol. The SMILES string of the molecule is C1CN(C2C[N]C2)CCO1. The maximum Gasteiger partial charge on any atom is 0.0594 e. The minimum absolute atomic E-state index is 0.754. The summed E-state index contributed by atoms with van der Waals surface area (Å²) in [5.74, 6) is 0. The molecule has 2 rings (SSSR count). The van der Waals surface area contributed by atoms with Crippen molar-refractivity contribution in [2.75, 3.05) is 39.4 Å². The second-order valence-electron chi connectivity index (χ2n) is 2.89. The number of hydrogen-bond acceptors (Lipinski definition) is 2. The van der Waals surface area contributed by atoms with Gasteiger partial charge >= 0.3 is 0 Å². The van der Waals surface area contributed by atoms with Gasteiger partial charge in [0.1, 0.15) is 0 Å². The van der Waals surface area contributed by atoms with Crippen molar-refractivity contribution in [2.24, 2.45) is 0 Å². The van der Waals surface area contributed by atoms with Crippen LogP contribution in [0.2, 0.25) is 0 Å². The molecule has 0 aromatic rings. The molecule has 2 heterocycles. The van der Waals surface area contributed by atoms with Gasteiger partial charge in [-0.3, -0.25) is 4.90 Å². The van der Waals surface area contributed by atoms with Crippen LogP contribution in [0.25, 0.3) is 0 Å². The zero-order chi connectivity index (χ0) is 6.81. The first-order valence-electron chi connectivity index (χ1n) is 3.92. The molecule has 10 heavy (non-hydrogen) atoms. The van der Waals surface area contributed by atoms with Crippen LogP contribution < -0.4 is 5.32 Å². The summed E-state index contributed by atoms with van der Waals surface area (Å²) in [6, 6.07) is 0.754. The van der Waals surface area contributed by atoms with Crippen molar-refractivity contribution in [3.05, 3.63) is 0 Å². The summed E-state index contributed by atoms with van der Waals surface area (Å²) < 4.78 is 5.25. The predicted molar refractivity (Wildman–Crippen MR) is 38.0 cm³/mol. The molecular formula is C7H13N2O. The van der Waals surface area contributed by atoms with Gasteiger partial charge in [0.2, 0.25) is 0 Å². The van der Waals surface area contributed by atoms with Crippen molar-refractivity contribution < 1.29 is 4.74 Å². The van der Waals surface area contributed by atoms with Gasteiger partial charge in [-0.05, 0) is 0 Å². The monoisotopic (exact) mass is 141 g/mol. The zero-order valence-electron chi connectivity index (χ0n) is 6.12. The Bertz CT molecular complexity index is 108. The minimum Gasteiger partial charge on any atom is -0.379 e. The molecule has 3 heteroatoms. The van der Waals surface area contributed by atoms with Gasteiger partial charge in [0.05, 0.1) is 13.2 Å². The Balaban J connectivity index is 1.78. The fourth-order valence-electron chi connectivity index (χ4n) is 1.42. The summed E-state index contributed by atoms with van der Waals surface area (Å²) >= 11 is 0. The van der Waals surface area contributed by atoms with Crippen molar-refractivity contribution in [1.82, 2.24) is 10.2 Å². The molecule has 2 aliphatic rings. The number of hydrogen-bond donors (Lipinski definition) is 0. The summed E-state index contributed by atoms with van der Waals surface area (Å²) in [5.41, 5.74) is 0. The fraction of sp³-hybridized carbons (Fsp3) is 1.00. The molecule has 3 nitrogen and oxygen atoms in total. The Morgan fingerprint density at radius 2 is 1.90 bits per heavy atom. The Morgan fingerprint density at radius 3 is 2.40 bits per heavy atom. The van der Waals surface area contributed by atoms with Crippen LogP contribution >= 0.6 is 0 Å². The van der Waals surface area contributed by atoms with E-state index < -0.39 is 0 Å². The molecular weight excluding hydrogens is 128 g/mol. The summed E-state index contributed by atoms with van der Waals surface area (Å²) in [5, 5.41) is 4.19. The van der Waals surface area contributed by atoms with Crippen LogP contribution in [-0.2, 0) is 4.74 Å². The minimum atomic E-state index is 0.754. The molecule has 57 valence electrons. The van der Waals surface area contributed by atoms with Gasteiger partial charge < -0.3 is 4.74 Å². The summed E-state index contributed by atoms with van der Waals surface area (Å²) in [6.45, 7) is 6.16. The molecule has 0 bridgehead atoms. The average Bonchev–Trinajstić information content (AvgIpc) is 1.86. The third-order valence-corrected chi connectivity index (χ3v) is 2.24. The van der Waals surface area contributed by atoms with E-state index in [1.54, 1.807) is 0 Å². The Labute approximate surface area is 61.3 Å². The quantitative estimate of drug-likeness (QED) is 0.483. The molecule has 2 fully saturated rings. The normalized spacial score (nSPS) is 30.0. The van der Waals surface area contributed by atoms with Crippen LogP contribution in [0, 0.1) is 0 Å². The van der Waals surface area contributed by atoms with E-state index in [1.165, 1.54) is 0 Å². The lowest BCUT2D eigenvalue weighted by atomic mass is 10.1. The Morgan fingerprint density at radius 1 is 1.20 bits per heavy atom. The van der Waals surface area contributed by atoms with Crippen molar-refractivity contribution in [1.29, 1.82) is 0 Å². The lowest BCUT2D eigenvalue weighted by Crippen LogP contribution is -2.56. The molecule has 2 saturated heterocycles. The zero-order valence-corrected chi connectivity index (χ0v) is 6.12. The van der Waals surface area contributed by atoms with Crippen LogP contribution in [0.4, 0.5) is 0 Å². The first-order chi connectivity index (χ1) is 4.97. The van der Waals surface area contributed by atoms with Crippen molar-refractivity contribution >= 4 is 0 Å². The van der Waals surface area contributed by atoms with Gasteiger partial charge in [0.25, 0.3) is 0 Å². The third-order valence-electron chi connectivity index (χ3n) is 2.24. The maximum absolute atomic E-state index is 5.25. The number of ether oxygens (including phenoxy) is 1. The van der Waals surface area contributed by atoms with Crippen molar-refractivity contribution in [3.8, 4) is 0 Å². The second-order valence-corrected chi connectivity index (χ2v) is 2.89. The third kappa shape index (κ3) is 1.17. The number of rotatable bonds is 1. The van der Waals surface area contributed by atoms with E-state index in [2.05, 4.69) is 10.2 Å². The fourth-order valence-corrected chi connectivity index (χ4v) is 1.42. The second kappa shape index (κ2) is 2.86. The highest BCUT2D eigenvalue weighted by molar-refractivity contribution is 4.84. The molecule has 0 saturated carbocycles. The summed E-state index contributed by atoms with van der Waals surface area (Å²) in [6.07, 6.45) is 0. The smallest absolute Gasteiger partial charge is 0.0594 e. The highest BCUT2D eigenvalue weighted by atomic mass is 16.5. The van der Waals surface area contributed by atoms with Gasteiger partial charge in [0.15, 0.2) is 0 Å². The first-order valence-corrected chi connectivity index (χ1v) is 3.92. The first kappa shape index (κ1) is 6.58. The molecule has 1 radical (unpaired) electrons. The van der Waals surface area contributed by atoms with Crippen LogP contribution in [0.1, 0.15) is 0 Å². The molecule has 0 aromatic heterocycles. The van der Waals surface area contributed by atoms with E-state index in [0.29, 0.717) is 0 Å². The molecule has 2 aliphatic heterocycles. The Hall–Kier alpha value is -0.120. The molecule has 0 spiro atoms. The maximum atomic E-state index is 5.25. The number of morpholine rings is 1. The van der Waals surface area contributed by atoms with Gasteiger partial charge in [-0.25, -0.2) is 5.32 Å². The summed E-state index contributed by atoms with van der Waals surface area (Å²) in [7, 11) is 0. The van der Waals surface area contributed by atoms with Crippen LogP contribution in [-0.4, -0.2) is 50.3 Å². The van der Waals surface area contributed by atoms with E-state index in [4.69, 9.17) is 4.74 Å². The van der Waals surface area contributed by atoms with E-state index in [0.717, 1.165) is 45.4 Å². The molecule has 0 aliphatic carbocycles. The van der Waals surface area contributed by atoms with Gasteiger partial charge in [0, 0.05) is 32.2 Å². The molecule has 0 N–H and O–H groups in total. The molecule has 0 unspecified atom stereocenters. The van der Waals surface area contributed by atoms with Gasteiger partial charge in [-0.2, -0.15) is 0 Å². The van der Waals surface area contributed by atoms with Crippen LogP contribution in [0.15, 0.2) is 0 Å². The topological polar surface area (TPSA) is 26.6 Å². The van der Waals surface area contributed by atoms with E-state index in [1.807, 2.05) is 0 Å². The Kier molecular flexibility index (Phi) is 1.88. The highest BCUT2D eigenvalue weighted by Crippen LogP contribution is 2.07. The van der Waals surface area contributed by atoms with Crippen molar-refractivity contribution in [3.63, 3.8) is 0 Å². The van der Waals surface area contributed by atoms with E-state index >= 15 is 0 Å². The highest BCUT2D eigenvalue weighted by Gasteiger charge is 2.26. The van der Waals surface area contributed by atoms with E-state index in [9.17, 15) is 0 Å². The molecule has 0 aromatic carbocycles. The molecule has 0 amide bonds. The predicted octanol–water partition coefficient (Wildman–Crippen LogP) is -0.695. The van der Waals surface area contributed by atoms with Gasteiger partial charge in [-0.15, -0.1) is 0 Å². The van der Waals surface area contributed by atoms with E-state index in [-0.39, 0.29) is 0 Å². The summed E-state index contributed by atoms with van der Waals surface area (Å²) in [4.78, 5) is 2.48. The van der Waals surface area contributed by atoms with Gasteiger partial charge in [-0.1, -0.05) is 0 Å². The number of nitrogens with zero attached hydrogens (tertiary/aromatic N) is 2. The molecule has 0 atom stereocenters. The van der Waals surface area contributed by atoms with Crippen molar-refractivity contribution in [2.45, 2.75) is 6.04 Å². The van der Waals surface area contributed by atoms with Crippen LogP contribution in [0.5, 0.6) is 0 Å². The standard InChI is InChI=1S/C7H13N2O/c1-3-10-4-2-9(1)7-5-8-6-7/h7H,1-6H2. The lowest BCUT2D eigenvalue weighted by Gasteiger charge is -2.38. The largest absolute Gasteiger partial charge is 0.379 e. The van der Waals surface area contributed by atoms with Crippen LogP contribution in [0.3, 0.4) is 0 Å². The lowest BCUT2D eigenvalue weighted by molar-refractivity contribution is 0.00431.